The third-order valence-electron chi connectivity index (χ3n) is 3.81. The van der Waals surface area contributed by atoms with Gasteiger partial charge in [0.2, 0.25) is 0 Å². The first kappa shape index (κ1) is 14.7. The van der Waals surface area contributed by atoms with Gasteiger partial charge in [-0.3, -0.25) is 9.69 Å². The molecule has 1 unspecified atom stereocenters. The first-order valence-electron chi connectivity index (χ1n) is 7.12. The molecule has 5 heteroatoms. The highest BCUT2D eigenvalue weighted by Gasteiger charge is 2.17. The van der Waals surface area contributed by atoms with Crippen LogP contribution in [-0.2, 0) is 0 Å². The summed E-state index contributed by atoms with van der Waals surface area (Å²) in [5, 5.41) is 21.5. The molecule has 110 valence electrons. The average Bonchev–Trinajstić information content (AvgIpc) is 2.48. The second-order valence-corrected chi connectivity index (χ2v) is 5.36. The van der Waals surface area contributed by atoms with E-state index in [4.69, 9.17) is 0 Å². The molecule has 0 radical (unpaired) electrons. The summed E-state index contributed by atoms with van der Waals surface area (Å²) in [6.07, 6.45) is 3.75. The minimum Gasteiger partial charge on any atom is -0.504 e. The number of hydrogen-bond acceptors (Lipinski definition) is 4. The highest BCUT2D eigenvalue weighted by Crippen LogP contribution is 2.24. The first-order chi connectivity index (χ1) is 9.58. The number of benzene rings is 1. The van der Waals surface area contributed by atoms with Crippen LogP contribution < -0.4 is 5.32 Å². The minimum absolute atomic E-state index is 0.219. The van der Waals surface area contributed by atoms with Crippen LogP contribution >= 0.6 is 0 Å². The summed E-state index contributed by atoms with van der Waals surface area (Å²) in [7, 11) is 0. The lowest BCUT2D eigenvalue weighted by Gasteiger charge is -2.32. The van der Waals surface area contributed by atoms with Crippen LogP contribution in [0, 0.1) is 0 Å². The maximum absolute atomic E-state index is 12.0. The third kappa shape index (κ3) is 3.63. The standard InChI is InChI=1S/C15H22N2O3/c1-11(17-7-3-2-4-8-17)10-16-15(20)12-5-6-13(18)14(19)9-12/h5-6,9,11,18-19H,2-4,7-8,10H2,1H3,(H,16,20). The zero-order valence-electron chi connectivity index (χ0n) is 11.8. The molecule has 2 rings (SSSR count). The number of piperidine rings is 1. The number of nitrogens with zero attached hydrogens (tertiary/aromatic N) is 1. The van der Waals surface area contributed by atoms with Crippen LogP contribution in [0.4, 0.5) is 0 Å². The maximum Gasteiger partial charge on any atom is 0.251 e. The van der Waals surface area contributed by atoms with Crippen molar-refractivity contribution in [3.05, 3.63) is 23.8 Å². The molecule has 1 aliphatic heterocycles. The van der Waals surface area contributed by atoms with E-state index in [9.17, 15) is 15.0 Å². The molecule has 5 nitrogen and oxygen atoms in total. The Morgan fingerprint density at radius 2 is 1.95 bits per heavy atom. The molecule has 20 heavy (non-hydrogen) atoms. The van der Waals surface area contributed by atoms with Crippen molar-refractivity contribution in [3.63, 3.8) is 0 Å². The van der Waals surface area contributed by atoms with Gasteiger partial charge in [-0.05, 0) is 51.1 Å². The summed E-state index contributed by atoms with van der Waals surface area (Å²) in [6.45, 7) is 4.88. The fraction of sp³-hybridized carbons (Fsp3) is 0.533. The molecule has 0 saturated carbocycles. The Labute approximate surface area is 119 Å². The molecular weight excluding hydrogens is 256 g/mol. The highest BCUT2D eigenvalue weighted by atomic mass is 16.3. The van der Waals surface area contributed by atoms with E-state index in [1.807, 2.05) is 0 Å². The second kappa shape index (κ2) is 6.61. The van der Waals surface area contributed by atoms with Crippen molar-refractivity contribution < 1.29 is 15.0 Å². The van der Waals surface area contributed by atoms with Crippen LogP contribution in [0.2, 0.25) is 0 Å². The molecule has 0 bridgehead atoms. The number of hydrogen-bond donors (Lipinski definition) is 3. The molecule has 3 N–H and O–H groups in total. The summed E-state index contributed by atoms with van der Waals surface area (Å²) in [5.41, 5.74) is 0.353. The molecule has 1 aromatic carbocycles. The van der Waals surface area contributed by atoms with Crippen LogP contribution in [0.1, 0.15) is 36.5 Å². The molecule has 1 saturated heterocycles. The van der Waals surface area contributed by atoms with Crippen LogP contribution in [0.15, 0.2) is 18.2 Å². The molecule has 1 aliphatic rings. The van der Waals surface area contributed by atoms with E-state index in [-0.39, 0.29) is 17.4 Å². The van der Waals surface area contributed by atoms with E-state index < -0.39 is 0 Å². The molecule has 0 aromatic heterocycles. The summed E-state index contributed by atoms with van der Waals surface area (Å²) in [6, 6.07) is 4.40. The van der Waals surface area contributed by atoms with Gasteiger partial charge in [-0.1, -0.05) is 6.42 Å². The molecule has 0 aliphatic carbocycles. The third-order valence-corrected chi connectivity index (χ3v) is 3.81. The zero-order valence-corrected chi connectivity index (χ0v) is 11.8. The number of rotatable bonds is 4. The lowest BCUT2D eigenvalue weighted by molar-refractivity contribution is 0.0929. The van der Waals surface area contributed by atoms with Gasteiger partial charge in [-0.2, -0.15) is 0 Å². The number of phenols is 2. The van der Waals surface area contributed by atoms with E-state index in [1.165, 1.54) is 37.5 Å². The Morgan fingerprint density at radius 1 is 1.25 bits per heavy atom. The van der Waals surface area contributed by atoms with Crippen molar-refractivity contribution in [2.45, 2.75) is 32.2 Å². The zero-order chi connectivity index (χ0) is 14.5. The van der Waals surface area contributed by atoms with Crippen LogP contribution in [-0.4, -0.2) is 46.7 Å². The van der Waals surface area contributed by atoms with Gasteiger partial charge in [0.05, 0.1) is 0 Å². The molecule has 1 fully saturated rings. The van der Waals surface area contributed by atoms with E-state index in [2.05, 4.69) is 17.1 Å². The summed E-state index contributed by atoms with van der Waals surface area (Å²) in [5.74, 6) is -0.728. The van der Waals surface area contributed by atoms with Gasteiger partial charge in [0.15, 0.2) is 11.5 Å². The predicted molar refractivity (Wildman–Crippen MR) is 77.0 cm³/mol. The van der Waals surface area contributed by atoms with Crippen molar-refractivity contribution in [1.82, 2.24) is 10.2 Å². The van der Waals surface area contributed by atoms with Gasteiger partial charge in [-0.25, -0.2) is 0 Å². The fourth-order valence-electron chi connectivity index (χ4n) is 2.50. The minimum atomic E-state index is -0.276. The van der Waals surface area contributed by atoms with E-state index in [0.717, 1.165) is 13.1 Å². The number of carbonyl (C=O) groups excluding carboxylic acids is 1. The number of likely N-dealkylation sites (tertiary alicyclic amines) is 1. The SMILES string of the molecule is CC(CNC(=O)c1ccc(O)c(O)c1)N1CCCCC1. The lowest BCUT2D eigenvalue weighted by atomic mass is 10.1. The predicted octanol–water partition coefficient (Wildman–Crippen LogP) is 1.70. The largest absolute Gasteiger partial charge is 0.504 e. The maximum atomic E-state index is 12.0. The van der Waals surface area contributed by atoms with Gasteiger partial charge < -0.3 is 15.5 Å². The van der Waals surface area contributed by atoms with Crippen LogP contribution in [0.3, 0.4) is 0 Å². The summed E-state index contributed by atoms with van der Waals surface area (Å²) >= 11 is 0. The number of aromatic hydroxyl groups is 2. The normalized spacial score (nSPS) is 17.6. The highest BCUT2D eigenvalue weighted by molar-refractivity contribution is 5.94. The van der Waals surface area contributed by atoms with Crippen molar-refractivity contribution in [2.75, 3.05) is 19.6 Å². The van der Waals surface area contributed by atoms with Gasteiger partial charge >= 0.3 is 0 Å². The summed E-state index contributed by atoms with van der Waals surface area (Å²) < 4.78 is 0. The van der Waals surface area contributed by atoms with Gasteiger partial charge in [0, 0.05) is 18.2 Å². The molecule has 1 aromatic rings. The quantitative estimate of drug-likeness (QED) is 0.733. The van der Waals surface area contributed by atoms with Gasteiger partial charge in [0.25, 0.3) is 5.91 Å². The smallest absolute Gasteiger partial charge is 0.251 e. The van der Waals surface area contributed by atoms with Crippen LogP contribution in [0.5, 0.6) is 11.5 Å². The Morgan fingerprint density at radius 3 is 2.60 bits per heavy atom. The van der Waals surface area contributed by atoms with E-state index >= 15 is 0 Å². The molecule has 0 spiro atoms. The number of phenolic OH excluding ortho intramolecular Hbond substituents is 2. The monoisotopic (exact) mass is 278 g/mol. The van der Waals surface area contributed by atoms with Gasteiger partial charge in [-0.15, -0.1) is 0 Å². The Hall–Kier alpha value is -1.75. The van der Waals surface area contributed by atoms with Crippen molar-refractivity contribution in [1.29, 1.82) is 0 Å². The van der Waals surface area contributed by atoms with Crippen molar-refractivity contribution in [2.24, 2.45) is 0 Å². The number of amides is 1. The first-order valence-corrected chi connectivity index (χ1v) is 7.12. The van der Waals surface area contributed by atoms with E-state index in [0.29, 0.717) is 18.2 Å². The fourth-order valence-corrected chi connectivity index (χ4v) is 2.50. The Bertz CT molecular complexity index is 470. The van der Waals surface area contributed by atoms with E-state index in [1.54, 1.807) is 0 Å². The van der Waals surface area contributed by atoms with Gasteiger partial charge in [0.1, 0.15) is 0 Å². The number of carbonyl (C=O) groups is 1. The molecule has 1 heterocycles. The molecule has 1 atom stereocenters. The lowest BCUT2D eigenvalue weighted by Crippen LogP contribution is -2.44. The van der Waals surface area contributed by atoms with Crippen molar-refractivity contribution in [3.8, 4) is 11.5 Å². The second-order valence-electron chi connectivity index (χ2n) is 5.36. The Balaban J connectivity index is 1.86. The topological polar surface area (TPSA) is 72.8 Å². The Kier molecular flexibility index (Phi) is 4.84. The average molecular weight is 278 g/mol. The number of nitrogens with one attached hydrogen (secondary N) is 1. The van der Waals surface area contributed by atoms with Crippen molar-refractivity contribution >= 4 is 5.91 Å². The van der Waals surface area contributed by atoms with Crippen LogP contribution in [0.25, 0.3) is 0 Å². The molecular formula is C15H22N2O3. The molecule has 1 amide bonds. The summed E-state index contributed by atoms with van der Waals surface area (Å²) in [4.78, 5) is 14.4.